The topological polar surface area (TPSA) is 120 Å². The summed E-state index contributed by atoms with van der Waals surface area (Å²) in [5.41, 5.74) is 3.51. The van der Waals surface area contributed by atoms with E-state index in [-0.39, 0.29) is 28.5 Å². The van der Waals surface area contributed by atoms with Crippen LogP contribution in [0.4, 0.5) is 8.78 Å². The van der Waals surface area contributed by atoms with Gasteiger partial charge in [0.05, 0.1) is 28.5 Å². The number of thiazole rings is 1. The second-order valence-corrected chi connectivity index (χ2v) is 12.3. The van der Waals surface area contributed by atoms with Crippen LogP contribution in [-0.2, 0) is 28.6 Å². The van der Waals surface area contributed by atoms with Crippen molar-refractivity contribution in [2.75, 3.05) is 13.2 Å². The number of nitrogens with two attached hydrogens (primary N) is 1. The Balaban J connectivity index is 1.49. The lowest BCUT2D eigenvalue weighted by Crippen LogP contribution is -2.07. The first kappa shape index (κ1) is 28.4. The van der Waals surface area contributed by atoms with Gasteiger partial charge in [-0.15, -0.1) is 11.3 Å². The minimum atomic E-state index is -1.97. The average Bonchev–Trinajstić information content (AvgIpc) is 3.30. The largest absolute Gasteiger partial charge is 0.476 e. The van der Waals surface area contributed by atoms with Crippen molar-refractivity contribution in [2.45, 2.75) is 37.0 Å². The molecule has 2 unspecified atom stereocenters. The molecule has 0 bridgehead atoms. The number of carbonyl (C=O) groups is 1. The predicted octanol–water partition coefficient (Wildman–Crippen LogP) is 4.88. The summed E-state index contributed by atoms with van der Waals surface area (Å²) in [6.07, 6.45) is 3.82. The second kappa shape index (κ2) is 11.9. The monoisotopic (exact) mass is 608 g/mol. The maximum absolute atomic E-state index is 14.9. The van der Waals surface area contributed by atoms with E-state index >= 15 is 0 Å². The first-order chi connectivity index (χ1) is 20.3. The molecule has 0 radical (unpaired) electrons. The van der Waals surface area contributed by atoms with Crippen molar-refractivity contribution in [3.05, 3.63) is 81.5 Å². The third-order valence-corrected chi connectivity index (χ3v) is 8.92. The van der Waals surface area contributed by atoms with Gasteiger partial charge in [0.1, 0.15) is 22.6 Å². The van der Waals surface area contributed by atoms with Gasteiger partial charge in [-0.05, 0) is 67.5 Å². The van der Waals surface area contributed by atoms with E-state index in [0.717, 1.165) is 41.9 Å². The molecule has 1 aliphatic heterocycles. The maximum atomic E-state index is 14.9. The predicted molar refractivity (Wildman–Crippen MR) is 154 cm³/mol. The third-order valence-electron chi connectivity index (χ3n) is 7.34. The van der Waals surface area contributed by atoms with Crippen LogP contribution in [0.15, 0.2) is 46.7 Å². The Kier molecular flexibility index (Phi) is 8.00. The fourth-order valence-electron chi connectivity index (χ4n) is 4.94. The summed E-state index contributed by atoms with van der Waals surface area (Å²) in [4.78, 5) is 15.8. The van der Waals surface area contributed by atoms with E-state index < -0.39 is 28.6 Å². The summed E-state index contributed by atoms with van der Waals surface area (Å²) in [6.45, 7) is 1.15. The molecule has 1 saturated carbocycles. The molecule has 8 nitrogen and oxygen atoms in total. The van der Waals surface area contributed by atoms with Crippen LogP contribution in [0.2, 0.25) is 0 Å². The molecule has 42 heavy (non-hydrogen) atoms. The van der Waals surface area contributed by atoms with Crippen molar-refractivity contribution < 1.29 is 27.6 Å². The Labute approximate surface area is 247 Å². The molecule has 1 aliphatic carbocycles. The number of benzene rings is 2. The lowest BCUT2D eigenvalue weighted by molar-refractivity contribution is 0.0691. The van der Waals surface area contributed by atoms with Gasteiger partial charge in [-0.25, -0.2) is 32.6 Å². The summed E-state index contributed by atoms with van der Waals surface area (Å²) < 4.78 is 48.4. The molecule has 2 aromatic heterocycles. The molecule has 3 N–H and O–H groups in total. The number of rotatable bonds is 8. The van der Waals surface area contributed by atoms with Gasteiger partial charge in [-0.1, -0.05) is 17.9 Å². The van der Waals surface area contributed by atoms with Crippen LogP contribution in [0.25, 0.3) is 16.4 Å². The fraction of sp³-hybridized carbons (Fsp3) is 0.300. The number of carboxylic acid groups (broad SMARTS) is 1. The van der Waals surface area contributed by atoms with Crippen LogP contribution in [0.3, 0.4) is 0 Å². The lowest BCUT2D eigenvalue weighted by atomic mass is 9.96. The fourth-order valence-corrected chi connectivity index (χ4v) is 6.17. The third kappa shape index (κ3) is 6.05. The molecule has 216 valence electrons. The van der Waals surface area contributed by atoms with Gasteiger partial charge in [0.2, 0.25) is 5.13 Å². The standard InChI is InChI=1S/C30H26F2N4O4S2/c31-23-7-6-21(14-20(23)5-3-18-9-10-40-15-18)28-22(11-19-4-8-27(42(33)39)24(32)12-19)26(13-17-1-2-17)36(35-28)30-34-25(16-41-30)29(37)38/h4,6-8,12,14,16-18H,1-2,9-11,13,15,33H2,(H,37,38). The first-order valence-corrected chi connectivity index (χ1v) is 15.5. The van der Waals surface area contributed by atoms with Gasteiger partial charge in [0, 0.05) is 35.5 Å². The van der Waals surface area contributed by atoms with E-state index in [1.807, 2.05) is 0 Å². The van der Waals surface area contributed by atoms with Crippen LogP contribution >= 0.6 is 11.3 Å². The maximum Gasteiger partial charge on any atom is 0.355 e. The Bertz CT molecular complexity index is 1760. The lowest BCUT2D eigenvalue weighted by Gasteiger charge is -2.10. The van der Waals surface area contributed by atoms with Gasteiger partial charge in [0.15, 0.2) is 5.69 Å². The first-order valence-electron chi connectivity index (χ1n) is 13.4. The molecule has 2 atom stereocenters. The highest BCUT2D eigenvalue weighted by atomic mass is 32.2. The molecule has 0 amide bonds. The zero-order chi connectivity index (χ0) is 29.4. The summed E-state index contributed by atoms with van der Waals surface area (Å²) in [6, 6.07) is 9.01. The van der Waals surface area contributed by atoms with Gasteiger partial charge >= 0.3 is 5.97 Å². The summed E-state index contributed by atoms with van der Waals surface area (Å²) in [7, 11) is -1.97. The molecular formula is C30H26F2N4O4S2. The number of carboxylic acids is 1. The number of hydrogen-bond acceptors (Lipinski definition) is 6. The highest BCUT2D eigenvalue weighted by Crippen LogP contribution is 2.38. The average molecular weight is 609 g/mol. The summed E-state index contributed by atoms with van der Waals surface area (Å²) in [5, 5.41) is 21.6. The van der Waals surface area contributed by atoms with Crippen molar-refractivity contribution >= 4 is 28.3 Å². The SMILES string of the molecule is NS(=O)c1ccc(Cc2c(-c3ccc(F)c(C#CC4CCOC4)c3)nn(-c3nc(C(=O)O)cs3)c2CC2CC2)cc1F. The van der Waals surface area contributed by atoms with E-state index in [9.17, 15) is 22.9 Å². The van der Waals surface area contributed by atoms with Gasteiger partial charge in [-0.2, -0.15) is 5.10 Å². The molecule has 2 aromatic carbocycles. The molecule has 3 heterocycles. The zero-order valence-electron chi connectivity index (χ0n) is 22.3. The number of aromatic nitrogens is 3. The van der Waals surface area contributed by atoms with E-state index in [4.69, 9.17) is 15.0 Å². The molecule has 1 saturated heterocycles. The van der Waals surface area contributed by atoms with Crippen LogP contribution in [0.5, 0.6) is 0 Å². The van der Waals surface area contributed by atoms with Gasteiger partial charge in [0.25, 0.3) is 0 Å². The Hall–Kier alpha value is -3.76. The number of nitrogens with zero attached hydrogens (tertiary/aromatic N) is 3. The van der Waals surface area contributed by atoms with Crippen LogP contribution < -0.4 is 5.14 Å². The molecule has 12 heteroatoms. The molecule has 4 aromatic rings. The normalized spacial score (nSPS) is 17.2. The Morgan fingerprint density at radius 1 is 1.19 bits per heavy atom. The number of ether oxygens (including phenoxy) is 1. The van der Waals surface area contributed by atoms with Crippen molar-refractivity contribution in [2.24, 2.45) is 17.0 Å². The Morgan fingerprint density at radius 3 is 2.69 bits per heavy atom. The van der Waals surface area contributed by atoms with Crippen LogP contribution in [0, 0.1) is 35.3 Å². The van der Waals surface area contributed by atoms with E-state index in [1.165, 1.54) is 23.6 Å². The zero-order valence-corrected chi connectivity index (χ0v) is 23.9. The van der Waals surface area contributed by atoms with E-state index in [2.05, 4.69) is 16.8 Å². The molecule has 2 fully saturated rings. The number of hydrogen-bond donors (Lipinski definition) is 2. The molecule has 2 aliphatic rings. The van der Waals surface area contributed by atoms with Crippen LogP contribution in [0.1, 0.15) is 52.1 Å². The molecule has 6 rings (SSSR count). The Morgan fingerprint density at radius 2 is 2.02 bits per heavy atom. The molecule has 0 spiro atoms. The highest BCUT2D eigenvalue weighted by molar-refractivity contribution is 7.82. The highest BCUT2D eigenvalue weighted by Gasteiger charge is 2.29. The smallest absolute Gasteiger partial charge is 0.355 e. The van der Waals surface area contributed by atoms with Crippen molar-refractivity contribution in [3.63, 3.8) is 0 Å². The van der Waals surface area contributed by atoms with Crippen molar-refractivity contribution in [3.8, 4) is 28.2 Å². The summed E-state index contributed by atoms with van der Waals surface area (Å²) >= 11 is 1.16. The second-order valence-electron chi connectivity index (χ2n) is 10.4. The van der Waals surface area contributed by atoms with Gasteiger partial charge < -0.3 is 9.84 Å². The minimum absolute atomic E-state index is 0.0435. The summed E-state index contributed by atoms with van der Waals surface area (Å²) in [5.74, 6) is 4.26. The van der Waals surface area contributed by atoms with E-state index in [1.54, 1.807) is 22.9 Å². The van der Waals surface area contributed by atoms with E-state index in [0.29, 0.717) is 47.5 Å². The number of halogens is 2. The minimum Gasteiger partial charge on any atom is -0.476 e. The van der Waals surface area contributed by atoms with Crippen molar-refractivity contribution in [1.29, 1.82) is 0 Å². The van der Waals surface area contributed by atoms with Crippen LogP contribution in [-0.4, -0.2) is 43.3 Å². The van der Waals surface area contributed by atoms with Crippen molar-refractivity contribution in [1.82, 2.24) is 14.8 Å². The quantitative estimate of drug-likeness (QED) is 0.275. The van der Waals surface area contributed by atoms with Gasteiger partial charge in [-0.3, -0.25) is 0 Å². The molecular weight excluding hydrogens is 582 g/mol. The number of aromatic carboxylic acids is 1.